The van der Waals surface area contributed by atoms with Gasteiger partial charge in [0.2, 0.25) is 5.88 Å². The van der Waals surface area contributed by atoms with Crippen LogP contribution in [-0.4, -0.2) is 11.6 Å². The van der Waals surface area contributed by atoms with Crippen molar-refractivity contribution in [3.05, 3.63) is 22.8 Å². The predicted octanol–water partition coefficient (Wildman–Crippen LogP) is 2.63. The zero-order valence-electron chi connectivity index (χ0n) is 6.38. The molecular formula is C8H10BrNO. The molecule has 0 aromatic carbocycles. The molecule has 1 aromatic heterocycles. The first-order valence-corrected chi connectivity index (χ1v) is 4.37. The van der Waals surface area contributed by atoms with E-state index in [-0.39, 0.29) is 0 Å². The molecule has 1 heterocycles. The zero-order valence-corrected chi connectivity index (χ0v) is 7.97. The third-order valence-corrected chi connectivity index (χ3v) is 1.59. The Morgan fingerprint density at radius 1 is 1.55 bits per heavy atom. The normalized spacial score (nSPS) is 9.64. The molecule has 0 spiro atoms. The zero-order chi connectivity index (χ0) is 8.10. The van der Waals surface area contributed by atoms with Gasteiger partial charge in [-0.1, -0.05) is 13.0 Å². The fourth-order valence-corrected chi connectivity index (χ4v) is 1.00. The van der Waals surface area contributed by atoms with Gasteiger partial charge in [0.25, 0.3) is 0 Å². The Bertz CT molecular complexity index is 227. The van der Waals surface area contributed by atoms with Crippen LogP contribution in [0.5, 0.6) is 5.88 Å². The smallest absolute Gasteiger partial charge is 0.214 e. The molecule has 1 rings (SSSR count). The molecule has 0 aliphatic heterocycles. The van der Waals surface area contributed by atoms with E-state index in [1.165, 1.54) is 0 Å². The average molecular weight is 216 g/mol. The molecule has 0 aliphatic rings. The Hall–Kier alpha value is -0.570. The van der Waals surface area contributed by atoms with Crippen LogP contribution in [-0.2, 0) is 0 Å². The maximum absolute atomic E-state index is 5.29. The Morgan fingerprint density at radius 3 is 3.00 bits per heavy atom. The molecular weight excluding hydrogens is 206 g/mol. The highest BCUT2D eigenvalue weighted by Gasteiger charge is 1.93. The van der Waals surface area contributed by atoms with Crippen LogP contribution in [0, 0.1) is 0 Å². The third kappa shape index (κ3) is 2.89. The monoisotopic (exact) mass is 215 g/mol. The molecule has 0 radical (unpaired) electrons. The minimum atomic E-state index is 0.682. The number of rotatable bonds is 3. The van der Waals surface area contributed by atoms with Gasteiger partial charge in [0.15, 0.2) is 0 Å². The SMILES string of the molecule is CCCOc1cccc(Br)n1. The van der Waals surface area contributed by atoms with E-state index >= 15 is 0 Å². The second kappa shape index (κ2) is 4.34. The standard InChI is InChI=1S/C8H10BrNO/c1-2-6-11-8-5-3-4-7(9)10-8/h3-5H,2,6H2,1H3. The quantitative estimate of drug-likeness (QED) is 0.724. The molecule has 0 amide bonds. The summed E-state index contributed by atoms with van der Waals surface area (Å²) in [6, 6.07) is 5.63. The number of halogens is 1. The molecule has 0 fully saturated rings. The van der Waals surface area contributed by atoms with E-state index in [4.69, 9.17) is 4.74 Å². The van der Waals surface area contributed by atoms with E-state index in [9.17, 15) is 0 Å². The Labute approximate surface area is 74.7 Å². The van der Waals surface area contributed by atoms with Crippen molar-refractivity contribution in [1.29, 1.82) is 0 Å². The van der Waals surface area contributed by atoms with Gasteiger partial charge in [0.1, 0.15) is 4.60 Å². The first-order chi connectivity index (χ1) is 5.33. The van der Waals surface area contributed by atoms with E-state index in [1.54, 1.807) is 0 Å². The summed E-state index contributed by atoms with van der Waals surface area (Å²) in [6.07, 6.45) is 1.01. The van der Waals surface area contributed by atoms with E-state index in [0.29, 0.717) is 5.88 Å². The second-order valence-electron chi connectivity index (χ2n) is 2.15. The van der Waals surface area contributed by atoms with Gasteiger partial charge in [-0.2, -0.15) is 0 Å². The van der Waals surface area contributed by atoms with Gasteiger partial charge in [-0.3, -0.25) is 0 Å². The van der Waals surface area contributed by atoms with Gasteiger partial charge in [-0.15, -0.1) is 0 Å². The number of hydrogen-bond acceptors (Lipinski definition) is 2. The predicted molar refractivity (Wildman–Crippen MR) is 47.7 cm³/mol. The van der Waals surface area contributed by atoms with Crippen LogP contribution in [0.4, 0.5) is 0 Å². The van der Waals surface area contributed by atoms with Gasteiger partial charge in [-0.05, 0) is 28.4 Å². The summed E-state index contributed by atoms with van der Waals surface area (Å²) < 4.78 is 6.11. The fraction of sp³-hybridized carbons (Fsp3) is 0.375. The van der Waals surface area contributed by atoms with E-state index < -0.39 is 0 Å². The Balaban J connectivity index is 2.56. The largest absolute Gasteiger partial charge is 0.478 e. The van der Waals surface area contributed by atoms with Crippen LogP contribution >= 0.6 is 15.9 Å². The maximum Gasteiger partial charge on any atom is 0.214 e. The molecule has 11 heavy (non-hydrogen) atoms. The lowest BCUT2D eigenvalue weighted by Gasteiger charge is -2.01. The van der Waals surface area contributed by atoms with E-state index in [0.717, 1.165) is 17.6 Å². The molecule has 0 aliphatic carbocycles. The number of pyridine rings is 1. The molecule has 1 aromatic rings. The van der Waals surface area contributed by atoms with Gasteiger partial charge in [0.05, 0.1) is 6.61 Å². The fourth-order valence-electron chi connectivity index (χ4n) is 0.677. The molecule has 3 heteroatoms. The summed E-state index contributed by atoms with van der Waals surface area (Å²) in [5, 5.41) is 0. The summed E-state index contributed by atoms with van der Waals surface area (Å²) >= 11 is 3.26. The lowest BCUT2D eigenvalue weighted by atomic mass is 10.5. The van der Waals surface area contributed by atoms with Crippen LogP contribution < -0.4 is 4.74 Å². The first-order valence-electron chi connectivity index (χ1n) is 3.58. The molecule has 0 N–H and O–H groups in total. The number of nitrogens with zero attached hydrogens (tertiary/aromatic N) is 1. The second-order valence-corrected chi connectivity index (χ2v) is 2.96. The van der Waals surface area contributed by atoms with Crippen LogP contribution in [0.3, 0.4) is 0 Å². The minimum Gasteiger partial charge on any atom is -0.478 e. The van der Waals surface area contributed by atoms with Gasteiger partial charge < -0.3 is 4.74 Å². The summed E-state index contributed by atoms with van der Waals surface area (Å²) in [6.45, 7) is 2.79. The summed E-state index contributed by atoms with van der Waals surface area (Å²) in [5.41, 5.74) is 0. The van der Waals surface area contributed by atoms with Crippen LogP contribution in [0.1, 0.15) is 13.3 Å². The molecule has 0 bridgehead atoms. The van der Waals surface area contributed by atoms with E-state index in [1.807, 2.05) is 18.2 Å². The Morgan fingerprint density at radius 2 is 2.36 bits per heavy atom. The molecule has 0 saturated carbocycles. The topological polar surface area (TPSA) is 22.1 Å². The summed E-state index contributed by atoms with van der Waals surface area (Å²) in [5.74, 6) is 0.682. The van der Waals surface area contributed by atoms with Crippen molar-refractivity contribution in [2.24, 2.45) is 0 Å². The van der Waals surface area contributed by atoms with Crippen LogP contribution in [0.2, 0.25) is 0 Å². The van der Waals surface area contributed by atoms with Crippen LogP contribution in [0.15, 0.2) is 22.8 Å². The van der Waals surface area contributed by atoms with Crippen molar-refractivity contribution in [1.82, 2.24) is 4.98 Å². The van der Waals surface area contributed by atoms with Crippen molar-refractivity contribution < 1.29 is 4.74 Å². The lowest BCUT2D eigenvalue weighted by Crippen LogP contribution is -1.96. The van der Waals surface area contributed by atoms with Crippen molar-refractivity contribution in [2.75, 3.05) is 6.61 Å². The van der Waals surface area contributed by atoms with Crippen molar-refractivity contribution >= 4 is 15.9 Å². The lowest BCUT2D eigenvalue weighted by molar-refractivity contribution is 0.305. The van der Waals surface area contributed by atoms with Gasteiger partial charge >= 0.3 is 0 Å². The maximum atomic E-state index is 5.29. The molecule has 0 saturated heterocycles. The van der Waals surface area contributed by atoms with E-state index in [2.05, 4.69) is 27.8 Å². The van der Waals surface area contributed by atoms with Gasteiger partial charge in [0, 0.05) is 6.07 Å². The molecule has 0 atom stereocenters. The molecule has 60 valence electrons. The number of ether oxygens (including phenoxy) is 1. The minimum absolute atomic E-state index is 0.682. The first kappa shape index (κ1) is 8.53. The molecule has 2 nitrogen and oxygen atoms in total. The Kier molecular flexibility index (Phi) is 3.36. The summed E-state index contributed by atoms with van der Waals surface area (Å²) in [4.78, 5) is 4.11. The third-order valence-electron chi connectivity index (χ3n) is 1.14. The highest BCUT2D eigenvalue weighted by atomic mass is 79.9. The van der Waals surface area contributed by atoms with Crippen molar-refractivity contribution in [3.8, 4) is 5.88 Å². The van der Waals surface area contributed by atoms with Crippen molar-refractivity contribution in [3.63, 3.8) is 0 Å². The number of hydrogen-bond donors (Lipinski definition) is 0. The van der Waals surface area contributed by atoms with Crippen molar-refractivity contribution in [2.45, 2.75) is 13.3 Å². The molecule has 0 unspecified atom stereocenters. The highest BCUT2D eigenvalue weighted by Crippen LogP contribution is 2.11. The summed E-state index contributed by atoms with van der Waals surface area (Å²) in [7, 11) is 0. The number of aromatic nitrogens is 1. The van der Waals surface area contributed by atoms with Gasteiger partial charge in [-0.25, -0.2) is 4.98 Å². The van der Waals surface area contributed by atoms with Crippen LogP contribution in [0.25, 0.3) is 0 Å². The highest BCUT2D eigenvalue weighted by molar-refractivity contribution is 9.10. The average Bonchev–Trinajstić information content (AvgIpc) is 2.01.